The van der Waals surface area contributed by atoms with E-state index in [-0.39, 0.29) is 24.2 Å². The monoisotopic (exact) mass is 386 g/mol. The Morgan fingerprint density at radius 2 is 2.11 bits per heavy atom. The van der Waals surface area contributed by atoms with Crippen LogP contribution in [-0.2, 0) is 11.8 Å². The highest BCUT2D eigenvalue weighted by atomic mass is 16.5. The number of ether oxygens (including phenoxy) is 2. The number of ketones is 1. The third kappa shape index (κ3) is 4.69. The lowest BCUT2D eigenvalue weighted by Crippen LogP contribution is -2.42. The number of aryl methyl sites for hydroxylation is 1. The summed E-state index contributed by atoms with van der Waals surface area (Å²) in [7, 11) is 4.91. The van der Waals surface area contributed by atoms with Crippen LogP contribution in [0.25, 0.3) is 0 Å². The van der Waals surface area contributed by atoms with Crippen molar-refractivity contribution in [1.82, 2.24) is 14.7 Å². The highest BCUT2D eigenvalue weighted by molar-refractivity contribution is 6.00. The van der Waals surface area contributed by atoms with Crippen molar-refractivity contribution >= 4 is 17.4 Å². The van der Waals surface area contributed by atoms with E-state index in [4.69, 9.17) is 9.47 Å². The second-order valence-electron chi connectivity index (χ2n) is 6.96. The number of hydrogen-bond acceptors (Lipinski definition) is 6. The second kappa shape index (κ2) is 8.88. The molecule has 1 aromatic carbocycles. The molecule has 1 aliphatic heterocycles. The van der Waals surface area contributed by atoms with Gasteiger partial charge in [0.2, 0.25) is 5.91 Å². The molecule has 1 aliphatic rings. The lowest BCUT2D eigenvalue weighted by molar-refractivity contribution is -0.117. The number of likely N-dealkylation sites (tertiary alicyclic amines) is 1. The molecule has 3 rings (SSSR count). The van der Waals surface area contributed by atoms with Crippen molar-refractivity contribution in [2.24, 2.45) is 13.0 Å². The van der Waals surface area contributed by atoms with E-state index in [1.54, 1.807) is 56.5 Å². The van der Waals surface area contributed by atoms with Crippen molar-refractivity contribution in [3.63, 3.8) is 0 Å². The number of aromatic nitrogens is 2. The third-order valence-electron chi connectivity index (χ3n) is 4.91. The van der Waals surface area contributed by atoms with Gasteiger partial charge in [-0.3, -0.25) is 19.2 Å². The van der Waals surface area contributed by atoms with Crippen LogP contribution in [0.5, 0.6) is 11.5 Å². The number of amides is 1. The van der Waals surface area contributed by atoms with Gasteiger partial charge in [0.15, 0.2) is 5.78 Å². The van der Waals surface area contributed by atoms with E-state index in [1.165, 1.54) is 0 Å². The Morgan fingerprint density at radius 1 is 1.29 bits per heavy atom. The van der Waals surface area contributed by atoms with Gasteiger partial charge in [-0.2, -0.15) is 5.10 Å². The molecular weight excluding hydrogens is 360 g/mol. The van der Waals surface area contributed by atoms with Crippen LogP contribution in [0.4, 0.5) is 5.69 Å². The minimum absolute atomic E-state index is 0.0388. The first-order chi connectivity index (χ1) is 13.5. The number of rotatable bonds is 7. The second-order valence-corrected chi connectivity index (χ2v) is 6.96. The molecule has 1 atom stereocenters. The van der Waals surface area contributed by atoms with Crippen molar-refractivity contribution in [3.05, 3.63) is 36.2 Å². The Balaban J connectivity index is 1.62. The minimum Gasteiger partial charge on any atom is -0.497 e. The number of carbonyl (C=O) groups excluding carboxylic acids is 2. The number of nitrogens with one attached hydrogen (secondary N) is 1. The van der Waals surface area contributed by atoms with Crippen LogP contribution in [-0.4, -0.2) is 60.2 Å². The van der Waals surface area contributed by atoms with Crippen LogP contribution in [0.15, 0.2) is 30.6 Å². The maximum atomic E-state index is 13.0. The van der Waals surface area contributed by atoms with Gasteiger partial charge in [-0.25, -0.2) is 0 Å². The zero-order chi connectivity index (χ0) is 20.1. The van der Waals surface area contributed by atoms with E-state index in [1.807, 2.05) is 4.90 Å². The summed E-state index contributed by atoms with van der Waals surface area (Å²) in [5, 5.41) is 6.87. The lowest BCUT2D eigenvalue weighted by Gasteiger charge is -2.31. The molecule has 2 heterocycles. The summed E-state index contributed by atoms with van der Waals surface area (Å²) in [6.07, 6.45) is 5.02. The number of piperidine rings is 1. The summed E-state index contributed by atoms with van der Waals surface area (Å²) in [6, 6.07) is 5.22. The number of hydrogen-bond donors (Lipinski definition) is 1. The van der Waals surface area contributed by atoms with E-state index in [9.17, 15) is 9.59 Å². The smallest absolute Gasteiger partial charge is 0.238 e. The van der Waals surface area contributed by atoms with Crippen LogP contribution in [0.3, 0.4) is 0 Å². The quantitative estimate of drug-likeness (QED) is 0.733. The third-order valence-corrected chi connectivity index (χ3v) is 4.91. The van der Waals surface area contributed by atoms with Crippen molar-refractivity contribution in [1.29, 1.82) is 0 Å². The summed E-state index contributed by atoms with van der Waals surface area (Å²) in [5.74, 6) is 0.920. The van der Waals surface area contributed by atoms with E-state index in [0.29, 0.717) is 29.3 Å². The molecular formula is C20H26N4O4. The average Bonchev–Trinajstić information content (AvgIpc) is 3.11. The molecule has 28 heavy (non-hydrogen) atoms. The first-order valence-electron chi connectivity index (χ1n) is 9.27. The Kier molecular flexibility index (Phi) is 6.30. The molecule has 2 aromatic rings. The number of methoxy groups -OCH3 is 2. The van der Waals surface area contributed by atoms with E-state index in [2.05, 4.69) is 10.4 Å². The van der Waals surface area contributed by atoms with E-state index < -0.39 is 0 Å². The normalized spacial score (nSPS) is 17.2. The van der Waals surface area contributed by atoms with Gasteiger partial charge in [0, 0.05) is 31.8 Å². The first-order valence-corrected chi connectivity index (χ1v) is 9.27. The largest absolute Gasteiger partial charge is 0.497 e. The molecule has 0 saturated carbocycles. The number of nitrogens with zero attached hydrogens (tertiary/aromatic N) is 3. The maximum Gasteiger partial charge on any atom is 0.238 e. The first kappa shape index (κ1) is 19.9. The molecule has 1 fully saturated rings. The number of anilines is 1. The van der Waals surface area contributed by atoms with Gasteiger partial charge in [0.1, 0.15) is 11.5 Å². The van der Waals surface area contributed by atoms with Crippen LogP contribution in [0, 0.1) is 5.92 Å². The molecule has 1 N–H and O–H groups in total. The van der Waals surface area contributed by atoms with E-state index >= 15 is 0 Å². The summed E-state index contributed by atoms with van der Waals surface area (Å²) in [4.78, 5) is 27.4. The fourth-order valence-corrected chi connectivity index (χ4v) is 3.52. The van der Waals surface area contributed by atoms with Gasteiger partial charge >= 0.3 is 0 Å². The number of benzene rings is 1. The molecule has 0 spiro atoms. The molecule has 0 radical (unpaired) electrons. The Hall–Kier alpha value is -2.87. The zero-order valence-electron chi connectivity index (χ0n) is 16.5. The van der Waals surface area contributed by atoms with Gasteiger partial charge in [0.05, 0.1) is 38.2 Å². The molecule has 0 aliphatic carbocycles. The summed E-state index contributed by atoms with van der Waals surface area (Å²) < 4.78 is 12.2. The predicted molar refractivity (Wildman–Crippen MR) is 105 cm³/mol. The fraction of sp³-hybridized carbons (Fsp3) is 0.450. The summed E-state index contributed by atoms with van der Waals surface area (Å²) >= 11 is 0. The van der Waals surface area contributed by atoms with Crippen LogP contribution in [0.2, 0.25) is 0 Å². The van der Waals surface area contributed by atoms with Crippen LogP contribution in [0.1, 0.15) is 23.2 Å². The predicted octanol–water partition coefficient (Wildman–Crippen LogP) is 1.97. The zero-order valence-corrected chi connectivity index (χ0v) is 16.5. The maximum absolute atomic E-state index is 13.0. The van der Waals surface area contributed by atoms with Gasteiger partial charge in [0.25, 0.3) is 0 Å². The number of carbonyl (C=O) groups is 2. The van der Waals surface area contributed by atoms with Gasteiger partial charge in [-0.1, -0.05) is 0 Å². The van der Waals surface area contributed by atoms with Crippen molar-refractivity contribution in [3.8, 4) is 11.5 Å². The molecule has 150 valence electrons. The van der Waals surface area contributed by atoms with Crippen LogP contribution < -0.4 is 14.8 Å². The van der Waals surface area contributed by atoms with Crippen molar-refractivity contribution < 1.29 is 19.1 Å². The van der Waals surface area contributed by atoms with Gasteiger partial charge in [-0.05, 0) is 31.5 Å². The highest BCUT2D eigenvalue weighted by Gasteiger charge is 2.29. The van der Waals surface area contributed by atoms with E-state index in [0.717, 1.165) is 19.4 Å². The van der Waals surface area contributed by atoms with Crippen molar-refractivity contribution in [2.75, 3.05) is 39.2 Å². The SMILES string of the molecule is COc1ccc(C(=O)C2CCCN(CC(=O)Nc3cnn(C)c3)C2)c(OC)c1. The summed E-state index contributed by atoms with van der Waals surface area (Å²) in [6.45, 7) is 1.59. The lowest BCUT2D eigenvalue weighted by atomic mass is 9.89. The topological polar surface area (TPSA) is 85.7 Å². The molecule has 1 saturated heterocycles. The molecule has 1 aromatic heterocycles. The standard InChI is InChI=1S/C20H26N4O4/c1-23-12-15(10-21-23)22-19(25)13-24-8-4-5-14(11-24)20(26)17-7-6-16(27-2)9-18(17)28-3/h6-7,9-10,12,14H,4-5,8,11,13H2,1-3H3,(H,22,25). The molecule has 8 heteroatoms. The average molecular weight is 386 g/mol. The molecule has 1 unspecified atom stereocenters. The molecule has 0 bridgehead atoms. The number of Topliss-reactive ketones (excluding diaryl/α,β-unsaturated/α-hetero) is 1. The highest BCUT2D eigenvalue weighted by Crippen LogP contribution is 2.29. The fourth-order valence-electron chi connectivity index (χ4n) is 3.52. The van der Waals surface area contributed by atoms with Crippen LogP contribution >= 0.6 is 0 Å². The van der Waals surface area contributed by atoms with Crippen molar-refractivity contribution in [2.45, 2.75) is 12.8 Å². The Labute approximate surface area is 164 Å². The minimum atomic E-state index is -0.165. The molecule has 1 amide bonds. The summed E-state index contributed by atoms with van der Waals surface area (Å²) in [5.41, 5.74) is 1.22. The van der Waals surface area contributed by atoms with Gasteiger partial charge < -0.3 is 14.8 Å². The Bertz CT molecular complexity index is 848. The molecule has 8 nitrogen and oxygen atoms in total. The Morgan fingerprint density at radius 3 is 2.79 bits per heavy atom. The van der Waals surface area contributed by atoms with Gasteiger partial charge in [-0.15, -0.1) is 0 Å².